The van der Waals surface area contributed by atoms with E-state index >= 15 is 0 Å². The van der Waals surface area contributed by atoms with Crippen molar-refractivity contribution in [2.24, 2.45) is 0 Å². The first kappa shape index (κ1) is 19.3. The molecule has 0 saturated carbocycles. The zero-order chi connectivity index (χ0) is 21.3. The van der Waals surface area contributed by atoms with Crippen LogP contribution < -0.4 is 5.32 Å². The molecule has 4 rings (SSSR count). The van der Waals surface area contributed by atoms with Crippen molar-refractivity contribution in [3.05, 3.63) is 88.2 Å². The summed E-state index contributed by atoms with van der Waals surface area (Å²) in [5.74, 6) is -0.694. The van der Waals surface area contributed by atoms with E-state index in [-0.39, 0.29) is 11.9 Å². The minimum absolute atomic E-state index is 0.248. The van der Waals surface area contributed by atoms with E-state index in [1.165, 1.54) is 7.11 Å². The predicted octanol–water partition coefficient (Wildman–Crippen LogP) is 3.74. The zero-order valence-electron chi connectivity index (χ0n) is 16.6. The molecule has 2 heterocycles. The fourth-order valence-electron chi connectivity index (χ4n) is 3.82. The number of carbonyl (C=O) groups excluding carboxylic acids is 2. The van der Waals surface area contributed by atoms with Gasteiger partial charge in [0.05, 0.1) is 41.2 Å². The maximum Gasteiger partial charge on any atom is 0.337 e. The number of aromatic nitrogens is 1. The summed E-state index contributed by atoms with van der Waals surface area (Å²) in [6.07, 6.45) is 0.610. The summed E-state index contributed by atoms with van der Waals surface area (Å²) < 4.78 is 4.74. The third-order valence-electron chi connectivity index (χ3n) is 5.26. The number of fused-ring (bicyclic) bond motifs is 1. The van der Waals surface area contributed by atoms with E-state index < -0.39 is 5.97 Å². The molecule has 2 aromatic carbocycles. The van der Waals surface area contributed by atoms with Crippen molar-refractivity contribution in [1.29, 1.82) is 5.26 Å². The number of nitriles is 1. The van der Waals surface area contributed by atoms with Crippen LogP contribution in [0.3, 0.4) is 0 Å². The van der Waals surface area contributed by atoms with Crippen LogP contribution in [0.15, 0.2) is 54.6 Å². The normalized spacial score (nSPS) is 14.6. The summed E-state index contributed by atoms with van der Waals surface area (Å²) in [5.41, 5.74) is 4.70. The summed E-state index contributed by atoms with van der Waals surface area (Å²) in [5, 5.41) is 12.8. The molecule has 0 aliphatic carbocycles. The number of hydrogen-bond donors (Lipinski definition) is 1. The van der Waals surface area contributed by atoms with Gasteiger partial charge in [0.25, 0.3) is 5.91 Å². The summed E-state index contributed by atoms with van der Waals surface area (Å²) in [6.45, 7) is 1.77. The monoisotopic (exact) mass is 397 g/mol. The van der Waals surface area contributed by atoms with Crippen molar-refractivity contribution in [2.75, 3.05) is 7.11 Å². The predicted molar refractivity (Wildman–Crippen MR) is 111 cm³/mol. The Morgan fingerprint density at radius 3 is 2.47 bits per heavy atom. The van der Waals surface area contributed by atoms with Crippen molar-refractivity contribution < 1.29 is 14.3 Å². The molecule has 1 aromatic heterocycles. The number of esters is 1. The molecular weight excluding hydrogens is 378 g/mol. The molecule has 1 aliphatic rings. The van der Waals surface area contributed by atoms with Crippen molar-refractivity contribution >= 4 is 11.9 Å². The van der Waals surface area contributed by atoms with Gasteiger partial charge in [-0.15, -0.1) is 0 Å². The van der Waals surface area contributed by atoms with Gasteiger partial charge in [-0.25, -0.2) is 4.79 Å². The third-order valence-corrected chi connectivity index (χ3v) is 5.26. The number of methoxy groups -OCH3 is 1. The standard InChI is InChI=1S/C24H19N3O3/c1-14-18(13-25)20(16-8-10-17(11-9-16)24(29)30-2)21-22(26-14)19(27-23(21)28)12-15-6-4-3-5-7-15/h3-11,19H,12H2,1-2H3,(H,27,28). The number of amides is 1. The Balaban J connectivity index is 1.84. The van der Waals surface area contributed by atoms with Crippen LogP contribution in [0.1, 0.15) is 49.3 Å². The Kier molecular flexibility index (Phi) is 5.03. The summed E-state index contributed by atoms with van der Waals surface area (Å²) in [7, 11) is 1.32. The topological polar surface area (TPSA) is 92.1 Å². The van der Waals surface area contributed by atoms with Gasteiger partial charge in [0, 0.05) is 5.56 Å². The number of benzene rings is 2. The van der Waals surface area contributed by atoms with Gasteiger partial charge in [-0.1, -0.05) is 42.5 Å². The van der Waals surface area contributed by atoms with Gasteiger partial charge >= 0.3 is 5.97 Å². The Labute approximate surface area is 174 Å². The van der Waals surface area contributed by atoms with Crippen molar-refractivity contribution in [3.8, 4) is 17.2 Å². The highest BCUT2D eigenvalue weighted by molar-refractivity contribution is 6.06. The molecule has 3 aromatic rings. The molecule has 1 N–H and O–H groups in total. The Morgan fingerprint density at radius 2 is 1.83 bits per heavy atom. The summed E-state index contributed by atoms with van der Waals surface area (Å²) in [6, 6.07) is 18.5. The molecule has 1 atom stereocenters. The largest absolute Gasteiger partial charge is 0.465 e. The first-order chi connectivity index (χ1) is 14.5. The first-order valence-corrected chi connectivity index (χ1v) is 9.51. The minimum atomic E-state index is -0.445. The van der Waals surface area contributed by atoms with E-state index in [0.717, 1.165) is 5.56 Å². The van der Waals surface area contributed by atoms with E-state index in [0.29, 0.717) is 45.6 Å². The first-order valence-electron chi connectivity index (χ1n) is 9.51. The van der Waals surface area contributed by atoms with E-state index in [2.05, 4.69) is 16.4 Å². The van der Waals surface area contributed by atoms with Gasteiger partial charge in [-0.2, -0.15) is 5.26 Å². The van der Waals surface area contributed by atoms with Gasteiger partial charge in [0.1, 0.15) is 6.07 Å². The summed E-state index contributed by atoms with van der Waals surface area (Å²) in [4.78, 5) is 29.3. The Bertz CT molecular complexity index is 1180. The van der Waals surface area contributed by atoms with Gasteiger partial charge in [-0.05, 0) is 36.6 Å². The molecule has 30 heavy (non-hydrogen) atoms. The lowest BCUT2D eigenvalue weighted by Crippen LogP contribution is -2.21. The molecular formula is C24H19N3O3. The van der Waals surface area contributed by atoms with E-state index in [4.69, 9.17) is 4.74 Å². The molecule has 0 bridgehead atoms. The molecule has 0 radical (unpaired) electrons. The average Bonchev–Trinajstić information content (AvgIpc) is 3.07. The fourth-order valence-corrected chi connectivity index (χ4v) is 3.82. The molecule has 6 nitrogen and oxygen atoms in total. The second-order valence-electron chi connectivity index (χ2n) is 7.10. The van der Waals surface area contributed by atoms with Crippen LogP contribution in [0.25, 0.3) is 11.1 Å². The highest BCUT2D eigenvalue weighted by Gasteiger charge is 2.35. The highest BCUT2D eigenvalue weighted by Crippen LogP contribution is 2.37. The van der Waals surface area contributed by atoms with E-state index in [1.54, 1.807) is 31.2 Å². The van der Waals surface area contributed by atoms with E-state index in [1.807, 2.05) is 30.3 Å². The SMILES string of the molecule is COC(=O)c1ccc(-c2c(C#N)c(C)nc3c2C(=O)NC3Cc2ccccc2)cc1. The Hall–Kier alpha value is -3.98. The highest BCUT2D eigenvalue weighted by atomic mass is 16.5. The summed E-state index contributed by atoms with van der Waals surface area (Å²) >= 11 is 0. The number of carbonyl (C=O) groups is 2. The van der Waals surface area contributed by atoms with Crippen LogP contribution in [0.5, 0.6) is 0 Å². The van der Waals surface area contributed by atoms with Crippen LogP contribution >= 0.6 is 0 Å². The van der Waals surface area contributed by atoms with E-state index in [9.17, 15) is 14.9 Å². The molecule has 1 unspecified atom stereocenters. The van der Waals surface area contributed by atoms with Crippen LogP contribution in [-0.4, -0.2) is 24.0 Å². The fraction of sp³-hybridized carbons (Fsp3) is 0.167. The van der Waals surface area contributed by atoms with Crippen molar-refractivity contribution in [3.63, 3.8) is 0 Å². The second-order valence-corrected chi connectivity index (χ2v) is 7.10. The molecule has 0 fully saturated rings. The number of pyridine rings is 1. The lowest BCUT2D eigenvalue weighted by molar-refractivity contribution is 0.0600. The third kappa shape index (κ3) is 3.31. The van der Waals surface area contributed by atoms with Crippen LogP contribution in [0.2, 0.25) is 0 Å². The number of rotatable bonds is 4. The maximum atomic E-state index is 12.9. The minimum Gasteiger partial charge on any atom is -0.465 e. The number of hydrogen-bond acceptors (Lipinski definition) is 5. The van der Waals surface area contributed by atoms with Gasteiger partial charge < -0.3 is 10.1 Å². The van der Waals surface area contributed by atoms with Gasteiger partial charge in [0.15, 0.2) is 0 Å². The number of aryl methyl sites for hydroxylation is 1. The lowest BCUT2D eigenvalue weighted by atomic mass is 9.91. The number of ether oxygens (including phenoxy) is 1. The average molecular weight is 397 g/mol. The van der Waals surface area contributed by atoms with Gasteiger partial charge in [0.2, 0.25) is 0 Å². The maximum absolute atomic E-state index is 12.9. The second kappa shape index (κ2) is 7.80. The molecule has 148 valence electrons. The number of nitrogens with zero attached hydrogens (tertiary/aromatic N) is 2. The lowest BCUT2D eigenvalue weighted by Gasteiger charge is -2.14. The molecule has 0 spiro atoms. The van der Waals surface area contributed by atoms with Crippen LogP contribution in [-0.2, 0) is 11.2 Å². The molecule has 0 saturated heterocycles. The van der Waals surface area contributed by atoms with Crippen molar-refractivity contribution in [2.45, 2.75) is 19.4 Å². The van der Waals surface area contributed by atoms with Gasteiger partial charge in [-0.3, -0.25) is 9.78 Å². The van der Waals surface area contributed by atoms with Crippen LogP contribution in [0, 0.1) is 18.3 Å². The number of nitrogens with one attached hydrogen (secondary N) is 1. The van der Waals surface area contributed by atoms with Crippen LogP contribution in [0.4, 0.5) is 0 Å². The Morgan fingerprint density at radius 1 is 1.13 bits per heavy atom. The molecule has 1 aliphatic heterocycles. The van der Waals surface area contributed by atoms with Crippen molar-refractivity contribution in [1.82, 2.24) is 10.3 Å². The zero-order valence-corrected chi connectivity index (χ0v) is 16.6. The molecule has 1 amide bonds. The molecule has 6 heteroatoms. The smallest absolute Gasteiger partial charge is 0.337 e. The quantitative estimate of drug-likeness (QED) is 0.677.